The van der Waals surface area contributed by atoms with Crippen molar-refractivity contribution in [2.75, 3.05) is 0 Å². The molecule has 6 heteroatoms. The number of aromatic nitrogens is 2. The monoisotopic (exact) mass is 412 g/mol. The van der Waals surface area contributed by atoms with Gasteiger partial charge in [0.05, 0.1) is 0 Å². The van der Waals surface area contributed by atoms with Gasteiger partial charge in [-0.25, -0.2) is 4.98 Å². The molecule has 0 saturated carbocycles. The predicted octanol–water partition coefficient (Wildman–Crippen LogP) is 5.03. The Bertz CT molecular complexity index is 1370. The van der Waals surface area contributed by atoms with Crippen molar-refractivity contribution in [2.24, 2.45) is 0 Å². The minimum atomic E-state index is -0.503. The lowest BCUT2D eigenvalue weighted by molar-refractivity contribution is 0.274. The van der Waals surface area contributed by atoms with Crippen molar-refractivity contribution in [1.82, 2.24) is 9.97 Å². The first-order valence-electron chi connectivity index (χ1n) is 9.98. The molecular weight excluding hydrogens is 392 g/mol. The van der Waals surface area contributed by atoms with E-state index >= 15 is 0 Å². The summed E-state index contributed by atoms with van der Waals surface area (Å²) in [5.41, 5.74) is 3.15. The molecule has 0 radical (unpaired) electrons. The summed E-state index contributed by atoms with van der Waals surface area (Å²) >= 11 is 0. The van der Waals surface area contributed by atoms with Crippen LogP contribution in [-0.4, -0.2) is 21.2 Å². The molecule has 31 heavy (non-hydrogen) atoms. The second-order valence-corrected chi connectivity index (χ2v) is 7.47. The predicted molar refractivity (Wildman–Crippen MR) is 119 cm³/mol. The van der Waals surface area contributed by atoms with Gasteiger partial charge in [-0.15, -0.1) is 0 Å². The Morgan fingerprint density at radius 3 is 2.61 bits per heavy atom. The molecule has 2 aromatic heterocycles. The van der Waals surface area contributed by atoms with Gasteiger partial charge < -0.3 is 19.2 Å². The Kier molecular flexibility index (Phi) is 4.47. The van der Waals surface area contributed by atoms with Gasteiger partial charge in [0.2, 0.25) is 11.2 Å². The Hall–Kier alpha value is -4.06. The van der Waals surface area contributed by atoms with Crippen LogP contribution in [0.5, 0.6) is 11.5 Å². The molecule has 0 fully saturated rings. The topological polar surface area (TPSA) is 88.3 Å². The van der Waals surface area contributed by atoms with Crippen molar-refractivity contribution in [3.05, 3.63) is 88.0 Å². The molecule has 154 valence electrons. The Morgan fingerprint density at radius 2 is 1.81 bits per heavy atom. The van der Waals surface area contributed by atoms with Crippen LogP contribution < -0.4 is 10.2 Å². The lowest BCUT2D eigenvalue weighted by Crippen LogP contribution is -2.18. The number of rotatable bonds is 3. The summed E-state index contributed by atoms with van der Waals surface area (Å²) in [6.45, 7) is 3.62. The first kappa shape index (κ1) is 18.9. The van der Waals surface area contributed by atoms with Crippen molar-refractivity contribution in [3.8, 4) is 34.2 Å². The summed E-state index contributed by atoms with van der Waals surface area (Å²) in [6.07, 6.45) is 1.79. The summed E-state index contributed by atoms with van der Waals surface area (Å²) in [5.74, 6) is 1.41. The minimum absolute atomic E-state index is 0.0629. The van der Waals surface area contributed by atoms with Crippen LogP contribution in [-0.2, 0) is 0 Å². The highest BCUT2D eigenvalue weighted by Crippen LogP contribution is 2.38. The van der Waals surface area contributed by atoms with Crippen molar-refractivity contribution < 1.29 is 14.3 Å². The number of aromatic amines is 1. The van der Waals surface area contributed by atoms with E-state index < -0.39 is 11.2 Å². The van der Waals surface area contributed by atoms with Crippen LogP contribution in [0.25, 0.3) is 34.4 Å². The largest absolute Gasteiger partial charge is 0.501 e. The van der Waals surface area contributed by atoms with Gasteiger partial charge in [-0.3, -0.25) is 4.79 Å². The van der Waals surface area contributed by atoms with E-state index in [1.165, 1.54) is 6.07 Å². The molecule has 0 spiro atoms. The lowest BCUT2D eigenvalue weighted by atomic mass is 10.0. The molecule has 1 aliphatic heterocycles. The highest BCUT2D eigenvalue weighted by atomic mass is 16.5. The molecule has 1 unspecified atom stereocenters. The molecule has 2 N–H and O–H groups in total. The molecule has 0 saturated heterocycles. The standard InChI is InChI=1S/C25H20N2O4/c1-14-12-19(28)23(29)24(30-14)22-21(16-8-4-3-5-9-16)26-25(27-22)18-13-17-10-6-7-11-20(17)31-15(18)2/h3-13,15,29H,1-2H3,(H,26,27). The van der Waals surface area contributed by atoms with Gasteiger partial charge in [-0.1, -0.05) is 48.5 Å². The second-order valence-electron chi connectivity index (χ2n) is 7.47. The number of nitrogens with zero attached hydrogens (tertiary/aromatic N) is 1. The number of hydrogen-bond acceptors (Lipinski definition) is 5. The summed E-state index contributed by atoms with van der Waals surface area (Å²) in [7, 11) is 0. The number of fused-ring (bicyclic) bond motifs is 1. The molecule has 6 nitrogen and oxygen atoms in total. The summed E-state index contributed by atoms with van der Waals surface area (Å²) in [4.78, 5) is 20.3. The average molecular weight is 412 g/mol. The molecule has 2 aromatic carbocycles. The van der Waals surface area contributed by atoms with Crippen molar-refractivity contribution >= 4 is 11.6 Å². The van der Waals surface area contributed by atoms with Crippen LogP contribution in [0.3, 0.4) is 0 Å². The number of nitrogens with one attached hydrogen (secondary N) is 1. The molecule has 4 aromatic rings. The molecule has 3 heterocycles. The first-order valence-corrected chi connectivity index (χ1v) is 9.98. The van der Waals surface area contributed by atoms with Crippen LogP contribution in [0.2, 0.25) is 0 Å². The maximum Gasteiger partial charge on any atom is 0.227 e. The average Bonchev–Trinajstić information content (AvgIpc) is 3.21. The van der Waals surface area contributed by atoms with E-state index in [-0.39, 0.29) is 11.9 Å². The number of aryl methyl sites for hydroxylation is 1. The van der Waals surface area contributed by atoms with Gasteiger partial charge in [0.25, 0.3) is 0 Å². The van der Waals surface area contributed by atoms with E-state index in [0.29, 0.717) is 23.0 Å². The smallest absolute Gasteiger partial charge is 0.227 e. The molecule has 5 rings (SSSR count). The van der Waals surface area contributed by atoms with Gasteiger partial charge >= 0.3 is 0 Å². The van der Waals surface area contributed by atoms with E-state index in [1.54, 1.807) is 6.92 Å². The maximum absolute atomic E-state index is 12.2. The molecule has 0 aliphatic carbocycles. The van der Waals surface area contributed by atoms with Crippen LogP contribution in [0, 0.1) is 6.92 Å². The Labute approximate surface area is 178 Å². The van der Waals surface area contributed by atoms with E-state index in [9.17, 15) is 9.90 Å². The van der Waals surface area contributed by atoms with Gasteiger partial charge in [-0.05, 0) is 26.0 Å². The first-order chi connectivity index (χ1) is 15.0. The molecule has 1 atom stereocenters. The highest BCUT2D eigenvalue weighted by Gasteiger charge is 2.26. The number of benzene rings is 2. The van der Waals surface area contributed by atoms with Gasteiger partial charge in [0, 0.05) is 22.8 Å². The minimum Gasteiger partial charge on any atom is -0.501 e. The maximum atomic E-state index is 12.2. The van der Waals surface area contributed by atoms with E-state index in [4.69, 9.17) is 14.1 Å². The molecule has 0 amide bonds. The fourth-order valence-electron chi connectivity index (χ4n) is 3.76. The Morgan fingerprint density at radius 1 is 1.06 bits per heavy atom. The third-order valence-corrected chi connectivity index (χ3v) is 5.27. The third-order valence-electron chi connectivity index (χ3n) is 5.27. The number of para-hydroxylation sites is 1. The van der Waals surface area contributed by atoms with Crippen LogP contribution in [0.15, 0.2) is 69.9 Å². The zero-order chi connectivity index (χ0) is 21.5. The number of hydrogen-bond donors (Lipinski definition) is 2. The Balaban J connectivity index is 1.74. The number of imidazole rings is 1. The zero-order valence-electron chi connectivity index (χ0n) is 17.0. The second kappa shape index (κ2) is 7.32. The quantitative estimate of drug-likeness (QED) is 0.493. The zero-order valence-corrected chi connectivity index (χ0v) is 17.0. The molecule has 1 aliphatic rings. The van der Waals surface area contributed by atoms with Crippen molar-refractivity contribution in [3.63, 3.8) is 0 Å². The summed E-state index contributed by atoms with van der Waals surface area (Å²) in [6, 6.07) is 18.6. The summed E-state index contributed by atoms with van der Waals surface area (Å²) in [5, 5.41) is 10.5. The number of H-pyrrole nitrogens is 1. The summed E-state index contributed by atoms with van der Waals surface area (Å²) < 4.78 is 11.8. The van der Waals surface area contributed by atoms with E-state index in [2.05, 4.69) is 4.98 Å². The number of ether oxygens (including phenoxy) is 1. The fourth-order valence-corrected chi connectivity index (χ4v) is 3.76. The molecular formula is C25H20N2O4. The third kappa shape index (κ3) is 3.32. The fraction of sp³-hybridized carbons (Fsp3) is 0.120. The lowest BCUT2D eigenvalue weighted by Gasteiger charge is -2.23. The van der Waals surface area contributed by atoms with E-state index in [0.717, 1.165) is 22.4 Å². The van der Waals surface area contributed by atoms with Gasteiger partial charge in [-0.2, -0.15) is 0 Å². The van der Waals surface area contributed by atoms with Gasteiger partial charge in [0.1, 0.15) is 34.8 Å². The van der Waals surface area contributed by atoms with E-state index in [1.807, 2.05) is 67.6 Å². The van der Waals surface area contributed by atoms with Crippen LogP contribution >= 0.6 is 0 Å². The SMILES string of the molecule is Cc1cc(=O)c(O)c(-c2[nH]c(C3=Cc4ccccc4OC3C)nc2-c2ccccc2)o1. The van der Waals surface area contributed by atoms with Crippen molar-refractivity contribution in [2.45, 2.75) is 20.0 Å². The number of aromatic hydroxyl groups is 1. The van der Waals surface area contributed by atoms with Crippen LogP contribution in [0.1, 0.15) is 24.1 Å². The normalized spacial score (nSPS) is 15.2. The van der Waals surface area contributed by atoms with Crippen LogP contribution in [0.4, 0.5) is 0 Å². The van der Waals surface area contributed by atoms with Gasteiger partial charge in [0.15, 0.2) is 5.76 Å². The highest BCUT2D eigenvalue weighted by molar-refractivity contribution is 5.88. The van der Waals surface area contributed by atoms with Crippen molar-refractivity contribution in [1.29, 1.82) is 0 Å². The molecule has 0 bridgehead atoms.